The van der Waals surface area contributed by atoms with Crippen molar-refractivity contribution in [2.24, 2.45) is 0 Å². The van der Waals surface area contributed by atoms with Gasteiger partial charge in [-0.2, -0.15) is 0 Å². The number of nitrogens with one attached hydrogen (secondary N) is 2. The van der Waals surface area contributed by atoms with Crippen molar-refractivity contribution in [3.8, 4) is 0 Å². The van der Waals surface area contributed by atoms with Crippen LogP contribution in [-0.4, -0.2) is 4.98 Å². The van der Waals surface area contributed by atoms with Gasteiger partial charge in [-0.1, -0.05) is 23.8 Å². The van der Waals surface area contributed by atoms with Crippen LogP contribution in [0.5, 0.6) is 0 Å². The van der Waals surface area contributed by atoms with Crippen molar-refractivity contribution in [1.82, 2.24) is 4.98 Å². The summed E-state index contributed by atoms with van der Waals surface area (Å²) in [5.41, 5.74) is 6.29. The highest BCUT2D eigenvalue weighted by atomic mass is 14.9. The Morgan fingerprint density at radius 1 is 1.00 bits per heavy atom. The lowest BCUT2D eigenvalue weighted by Crippen LogP contribution is -2.01. The van der Waals surface area contributed by atoms with Gasteiger partial charge in [-0.3, -0.25) is 0 Å². The topological polar surface area (TPSA) is 27.8 Å². The van der Waals surface area contributed by atoms with Crippen LogP contribution in [0, 0.1) is 13.8 Å². The Bertz CT molecular complexity index is 710. The van der Waals surface area contributed by atoms with Crippen LogP contribution in [0.3, 0.4) is 0 Å². The van der Waals surface area contributed by atoms with Crippen LogP contribution < -0.4 is 5.32 Å². The summed E-state index contributed by atoms with van der Waals surface area (Å²) in [4.78, 5) is 3.22. The largest absolute Gasteiger partial charge is 0.381 e. The lowest BCUT2D eigenvalue weighted by molar-refractivity contribution is 1.14. The number of hydrogen-bond donors (Lipinski definition) is 2. The minimum absolute atomic E-state index is 0.852. The molecule has 0 saturated heterocycles. The lowest BCUT2D eigenvalue weighted by Gasteiger charge is -2.10. The van der Waals surface area contributed by atoms with Gasteiger partial charge in [0.05, 0.1) is 0 Å². The molecule has 19 heavy (non-hydrogen) atoms. The van der Waals surface area contributed by atoms with Crippen LogP contribution in [0.1, 0.15) is 16.7 Å². The zero-order chi connectivity index (χ0) is 13.2. The molecular weight excluding hydrogens is 232 g/mol. The first-order valence-corrected chi connectivity index (χ1v) is 6.59. The number of benzene rings is 2. The molecule has 0 aliphatic carbocycles. The van der Waals surface area contributed by atoms with Gasteiger partial charge >= 0.3 is 0 Å². The standard InChI is InChI=1S/C17H18N2/c1-12-3-5-16(13(2)9-12)19-11-14-4-6-17-15(10-14)7-8-18-17/h3-10,18-19H,11H2,1-2H3. The third kappa shape index (κ3) is 2.48. The fraction of sp³-hybridized carbons (Fsp3) is 0.176. The number of rotatable bonds is 3. The average molecular weight is 250 g/mol. The van der Waals surface area contributed by atoms with E-state index in [1.807, 2.05) is 6.20 Å². The summed E-state index contributed by atoms with van der Waals surface area (Å²) in [6.07, 6.45) is 1.98. The Hall–Kier alpha value is -2.22. The first-order valence-electron chi connectivity index (χ1n) is 6.59. The third-order valence-corrected chi connectivity index (χ3v) is 3.48. The predicted octanol–water partition coefficient (Wildman–Crippen LogP) is 4.40. The molecule has 3 aromatic rings. The van der Waals surface area contributed by atoms with Gasteiger partial charge in [0.25, 0.3) is 0 Å². The Morgan fingerprint density at radius 3 is 2.74 bits per heavy atom. The molecule has 1 heterocycles. The van der Waals surface area contributed by atoms with Crippen molar-refractivity contribution < 1.29 is 0 Å². The molecule has 2 heteroatoms. The molecule has 96 valence electrons. The number of H-pyrrole nitrogens is 1. The number of fused-ring (bicyclic) bond motifs is 1. The van der Waals surface area contributed by atoms with Crippen molar-refractivity contribution in [1.29, 1.82) is 0 Å². The molecule has 1 aromatic heterocycles. The molecule has 2 N–H and O–H groups in total. The molecule has 2 aromatic carbocycles. The highest BCUT2D eigenvalue weighted by molar-refractivity contribution is 5.80. The fourth-order valence-electron chi connectivity index (χ4n) is 2.42. The molecular formula is C17H18N2. The highest BCUT2D eigenvalue weighted by Gasteiger charge is 2.00. The van der Waals surface area contributed by atoms with E-state index in [9.17, 15) is 0 Å². The first kappa shape index (κ1) is 11.8. The zero-order valence-electron chi connectivity index (χ0n) is 11.3. The minimum atomic E-state index is 0.852. The van der Waals surface area contributed by atoms with E-state index in [1.165, 1.54) is 33.3 Å². The van der Waals surface area contributed by atoms with Crippen LogP contribution in [0.4, 0.5) is 5.69 Å². The van der Waals surface area contributed by atoms with E-state index in [0.29, 0.717) is 0 Å². The van der Waals surface area contributed by atoms with Gasteiger partial charge in [-0.05, 0) is 54.6 Å². The summed E-state index contributed by atoms with van der Waals surface area (Å²) in [5.74, 6) is 0. The van der Waals surface area contributed by atoms with Gasteiger partial charge in [-0.25, -0.2) is 0 Å². The van der Waals surface area contributed by atoms with E-state index in [-0.39, 0.29) is 0 Å². The maximum atomic E-state index is 3.50. The molecule has 0 aliphatic heterocycles. The average Bonchev–Trinajstić information content (AvgIpc) is 2.85. The Labute approximate surface area is 113 Å². The second-order valence-corrected chi connectivity index (χ2v) is 5.07. The second-order valence-electron chi connectivity index (χ2n) is 5.07. The summed E-state index contributed by atoms with van der Waals surface area (Å²) in [7, 11) is 0. The molecule has 0 fully saturated rings. The fourth-order valence-corrected chi connectivity index (χ4v) is 2.42. The summed E-state index contributed by atoms with van der Waals surface area (Å²) in [5, 5.41) is 4.77. The van der Waals surface area contributed by atoms with Gasteiger partial charge in [0.2, 0.25) is 0 Å². The van der Waals surface area contributed by atoms with E-state index in [1.54, 1.807) is 0 Å². The number of aromatic nitrogens is 1. The smallest absolute Gasteiger partial charge is 0.0454 e. The minimum Gasteiger partial charge on any atom is -0.381 e. The van der Waals surface area contributed by atoms with Gasteiger partial charge in [0.15, 0.2) is 0 Å². The molecule has 0 unspecified atom stereocenters. The normalized spacial score (nSPS) is 10.8. The van der Waals surface area contributed by atoms with Gasteiger partial charge in [0.1, 0.15) is 0 Å². The molecule has 0 radical (unpaired) electrons. The third-order valence-electron chi connectivity index (χ3n) is 3.48. The summed E-state index contributed by atoms with van der Waals surface area (Å²) >= 11 is 0. The van der Waals surface area contributed by atoms with Crippen molar-refractivity contribution in [2.75, 3.05) is 5.32 Å². The van der Waals surface area contributed by atoms with Crippen LogP contribution in [0.25, 0.3) is 10.9 Å². The molecule has 3 rings (SSSR count). The van der Waals surface area contributed by atoms with Crippen LogP contribution in [0.2, 0.25) is 0 Å². The number of aromatic amines is 1. The number of anilines is 1. The van der Waals surface area contributed by atoms with Gasteiger partial charge in [0, 0.05) is 23.9 Å². The van der Waals surface area contributed by atoms with Crippen molar-refractivity contribution in [3.05, 3.63) is 65.4 Å². The lowest BCUT2D eigenvalue weighted by atomic mass is 10.1. The monoisotopic (exact) mass is 250 g/mol. The zero-order valence-corrected chi connectivity index (χ0v) is 11.3. The maximum absolute atomic E-state index is 3.50. The highest BCUT2D eigenvalue weighted by Crippen LogP contribution is 2.19. The maximum Gasteiger partial charge on any atom is 0.0454 e. The first-order chi connectivity index (χ1) is 9.22. The van der Waals surface area contributed by atoms with Gasteiger partial charge in [-0.15, -0.1) is 0 Å². The van der Waals surface area contributed by atoms with Gasteiger partial charge < -0.3 is 10.3 Å². The van der Waals surface area contributed by atoms with E-state index >= 15 is 0 Å². The number of aryl methyl sites for hydroxylation is 2. The quantitative estimate of drug-likeness (QED) is 0.708. The Balaban J connectivity index is 1.77. The Kier molecular flexibility index (Phi) is 3.00. The van der Waals surface area contributed by atoms with E-state index in [2.05, 4.69) is 66.6 Å². The molecule has 0 atom stereocenters. The summed E-state index contributed by atoms with van der Waals surface area (Å²) in [6, 6.07) is 15.1. The predicted molar refractivity (Wildman–Crippen MR) is 81.5 cm³/mol. The van der Waals surface area contributed by atoms with Crippen molar-refractivity contribution in [3.63, 3.8) is 0 Å². The van der Waals surface area contributed by atoms with Crippen molar-refractivity contribution in [2.45, 2.75) is 20.4 Å². The van der Waals surface area contributed by atoms with E-state index < -0.39 is 0 Å². The summed E-state index contributed by atoms with van der Waals surface area (Å²) < 4.78 is 0. The van der Waals surface area contributed by atoms with Crippen LogP contribution >= 0.6 is 0 Å². The molecule has 0 spiro atoms. The number of hydrogen-bond acceptors (Lipinski definition) is 1. The second kappa shape index (κ2) is 4.81. The SMILES string of the molecule is Cc1ccc(NCc2ccc3[nH]ccc3c2)c(C)c1. The molecule has 2 nitrogen and oxygen atoms in total. The van der Waals surface area contributed by atoms with E-state index in [0.717, 1.165) is 6.54 Å². The molecule has 0 saturated carbocycles. The van der Waals surface area contributed by atoms with Crippen molar-refractivity contribution >= 4 is 16.6 Å². The molecule has 0 aliphatic rings. The summed E-state index contributed by atoms with van der Waals surface area (Å²) in [6.45, 7) is 5.12. The van der Waals surface area contributed by atoms with E-state index in [4.69, 9.17) is 0 Å². The van der Waals surface area contributed by atoms with Crippen LogP contribution in [-0.2, 0) is 6.54 Å². The molecule has 0 bridgehead atoms. The van der Waals surface area contributed by atoms with Crippen LogP contribution in [0.15, 0.2) is 48.7 Å². The molecule has 0 amide bonds. The Morgan fingerprint density at radius 2 is 1.89 bits per heavy atom.